The van der Waals surface area contributed by atoms with E-state index in [4.69, 9.17) is 14.2 Å². The molecule has 0 aliphatic rings. The van der Waals surface area contributed by atoms with Crippen LogP contribution in [-0.4, -0.2) is 47.4 Å². The minimum absolute atomic E-state index is 0.187. The van der Waals surface area contributed by atoms with Crippen molar-refractivity contribution in [2.75, 3.05) is 32.2 Å². The first-order valence-corrected chi connectivity index (χ1v) is 6.78. The Kier molecular flexibility index (Phi) is 6.44. The van der Waals surface area contributed by atoms with Crippen LogP contribution < -0.4 is 14.8 Å². The Morgan fingerprint density at radius 2 is 1.55 bits per heavy atom. The molecule has 0 saturated carbocycles. The Hall–Kier alpha value is -1.63. The first kappa shape index (κ1) is 16.4. The summed E-state index contributed by atoms with van der Waals surface area (Å²) in [6, 6.07) is 0.492. The summed E-state index contributed by atoms with van der Waals surface area (Å²) in [6.07, 6.45) is 0.885. The minimum Gasteiger partial charge on any atom is -0.463 e. The molecule has 1 aromatic heterocycles. The van der Waals surface area contributed by atoms with Gasteiger partial charge < -0.3 is 19.5 Å². The normalized spacial score (nSPS) is 11.2. The molecule has 0 aliphatic heterocycles. The van der Waals surface area contributed by atoms with Crippen LogP contribution in [0.4, 0.5) is 5.95 Å². The first-order chi connectivity index (χ1) is 9.44. The van der Waals surface area contributed by atoms with Gasteiger partial charge in [-0.25, -0.2) is 0 Å². The molecule has 0 radical (unpaired) electrons. The molecule has 0 aromatic carbocycles. The molecule has 0 amide bonds. The van der Waals surface area contributed by atoms with E-state index in [0.717, 1.165) is 6.42 Å². The molecule has 1 N–H and O–H groups in total. The Morgan fingerprint density at radius 3 is 2.05 bits per heavy atom. The number of rotatable bonds is 8. The van der Waals surface area contributed by atoms with Gasteiger partial charge in [-0.2, -0.15) is 9.97 Å². The lowest BCUT2D eigenvalue weighted by Crippen LogP contribution is -2.22. The molecular formula is C13H24N4O3. The second-order valence-corrected chi connectivity index (χ2v) is 5.13. The Labute approximate surface area is 120 Å². The number of ether oxygens (including phenoxy) is 3. The maximum absolute atomic E-state index is 5.56. The van der Waals surface area contributed by atoms with E-state index in [1.807, 2.05) is 27.7 Å². The molecule has 7 nitrogen and oxygen atoms in total. The van der Waals surface area contributed by atoms with Crippen LogP contribution in [-0.2, 0) is 4.74 Å². The van der Waals surface area contributed by atoms with E-state index in [-0.39, 0.29) is 17.6 Å². The summed E-state index contributed by atoms with van der Waals surface area (Å²) >= 11 is 0. The molecule has 1 heterocycles. The highest BCUT2D eigenvalue weighted by molar-refractivity contribution is 5.26. The molecule has 7 heteroatoms. The third-order valence-electron chi connectivity index (χ3n) is 2.10. The van der Waals surface area contributed by atoms with Gasteiger partial charge in [-0.1, -0.05) is 6.92 Å². The van der Waals surface area contributed by atoms with Crippen LogP contribution >= 0.6 is 0 Å². The molecule has 0 aliphatic carbocycles. The Morgan fingerprint density at radius 1 is 0.950 bits per heavy atom. The van der Waals surface area contributed by atoms with Crippen LogP contribution in [0, 0.1) is 0 Å². The van der Waals surface area contributed by atoms with Crippen molar-refractivity contribution in [3.63, 3.8) is 0 Å². The van der Waals surface area contributed by atoms with Gasteiger partial charge in [-0.15, -0.1) is 4.98 Å². The minimum atomic E-state index is -0.187. The molecule has 1 aromatic rings. The quantitative estimate of drug-likeness (QED) is 0.730. The lowest BCUT2D eigenvalue weighted by molar-refractivity contribution is -0.0174. The fraction of sp³-hybridized carbons (Fsp3) is 0.769. The van der Waals surface area contributed by atoms with Crippen molar-refractivity contribution in [1.29, 1.82) is 0 Å². The summed E-state index contributed by atoms with van der Waals surface area (Å²) in [5.74, 6) is 0.415. The highest BCUT2D eigenvalue weighted by atomic mass is 16.5. The molecule has 0 bridgehead atoms. The summed E-state index contributed by atoms with van der Waals surface area (Å²) < 4.78 is 16.4. The third-order valence-corrected chi connectivity index (χ3v) is 2.10. The molecule has 0 spiro atoms. The SMILES string of the molecule is CCCOc1nc(NC)nc(OCCOC(C)(C)C)n1. The van der Waals surface area contributed by atoms with Gasteiger partial charge in [0.1, 0.15) is 6.61 Å². The van der Waals surface area contributed by atoms with E-state index in [1.54, 1.807) is 7.05 Å². The Balaban J connectivity index is 2.55. The fourth-order valence-electron chi connectivity index (χ4n) is 1.25. The van der Waals surface area contributed by atoms with Gasteiger partial charge in [0.25, 0.3) is 0 Å². The molecule has 20 heavy (non-hydrogen) atoms. The van der Waals surface area contributed by atoms with Gasteiger partial charge in [0.05, 0.1) is 18.8 Å². The van der Waals surface area contributed by atoms with Crippen LogP contribution in [0.3, 0.4) is 0 Å². The predicted octanol–water partition coefficient (Wildman–Crippen LogP) is 1.90. The van der Waals surface area contributed by atoms with Crippen LogP contribution in [0.15, 0.2) is 0 Å². The maximum Gasteiger partial charge on any atom is 0.324 e. The van der Waals surface area contributed by atoms with Crippen LogP contribution in [0.25, 0.3) is 0 Å². The van der Waals surface area contributed by atoms with Crippen LogP contribution in [0.1, 0.15) is 34.1 Å². The molecule has 0 saturated heterocycles. The zero-order valence-electron chi connectivity index (χ0n) is 12.9. The Bertz CT molecular complexity index is 407. The molecule has 1 rings (SSSR count). The monoisotopic (exact) mass is 284 g/mol. The van der Waals surface area contributed by atoms with Crippen molar-refractivity contribution in [3.05, 3.63) is 0 Å². The second kappa shape index (κ2) is 7.84. The first-order valence-electron chi connectivity index (χ1n) is 6.78. The van der Waals surface area contributed by atoms with Crippen molar-refractivity contribution in [2.45, 2.75) is 39.7 Å². The lowest BCUT2D eigenvalue weighted by atomic mass is 10.2. The van der Waals surface area contributed by atoms with Gasteiger partial charge >= 0.3 is 12.0 Å². The largest absolute Gasteiger partial charge is 0.463 e. The summed E-state index contributed by atoms with van der Waals surface area (Å²) in [5.41, 5.74) is -0.187. The van der Waals surface area contributed by atoms with Crippen LogP contribution in [0.5, 0.6) is 12.0 Å². The highest BCUT2D eigenvalue weighted by Gasteiger charge is 2.11. The smallest absolute Gasteiger partial charge is 0.324 e. The van der Waals surface area contributed by atoms with Gasteiger partial charge in [-0.05, 0) is 27.2 Å². The van der Waals surface area contributed by atoms with E-state index < -0.39 is 0 Å². The van der Waals surface area contributed by atoms with E-state index in [2.05, 4.69) is 20.3 Å². The van der Waals surface area contributed by atoms with Crippen molar-refractivity contribution in [3.8, 4) is 12.0 Å². The van der Waals surface area contributed by atoms with E-state index >= 15 is 0 Å². The molecular weight excluding hydrogens is 260 g/mol. The number of aromatic nitrogens is 3. The average molecular weight is 284 g/mol. The predicted molar refractivity (Wildman–Crippen MR) is 76.4 cm³/mol. The molecule has 0 unspecified atom stereocenters. The average Bonchev–Trinajstić information content (AvgIpc) is 2.40. The summed E-state index contributed by atoms with van der Waals surface area (Å²) in [5, 5.41) is 2.85. The molecule has 0 fully saturated rings. The number of nitrogens with zero attached hydrogens (tertiary/aromatic N) is 3. The highest BCUT2D eigenvalue weighted by Crippen LogP contribution is 2.13. The van der Waals surface area contributed by atoms with Crippen molar-refractivity contribution >= 4 is 5.95 Å². The van der Waals surface area contributed by atoms with E-state index in [0.29, 0.717) is 25.8 Å². The second-order valence-electron chi connectivity index (χ2n) is 5.13. The van der Waals surface area contributed by atoms with Crippen LogP contribution in [0.2, 0.25) is 0 Å². The standard InChI is InChI=1S/C13H24N4O3/c1-6-7-18-11-15-10(14-5)16-12(17-11)19-8-9-20-13(2,3)4/h6-9H2,1-5H3,(H,14,15,16,17). The van der Waals surface area contributed by atoms with Gasteiger partial charge in [0, 0.05) is 7.05 Å². The van der Waals surface area contributed by atoms with E-state index in [9.17, 15) is 0 Å². The van der Waals surface area contributed by atoms with Gasteiger partial charge in [0.15, 0.2) is 0 Å². The number of nitrogens with one attached hydrogen (secondary N) is 1. The number of anilines is 1. The zero-order valence-corrected chi connectivity index (χ0v) is 12.9. The van der Waals surface area contributed by atoms with Gasteiger partial charge in [0.2, 0.25) is 5.95 Å². The lowest BCUT2D eigenvalue weighted by Gasteiger charge is -2.19. The van der Waals surface area contributed by atoms with Crippen molar-refractivity contribution in [2.24, 2.45) is 0 Å². The van der Waals surface area contributed by atoms with Crippen molar-refractivity contribution < 1.29 is 14.2 Å². The number of hydrogen-bond donors (Lipinski definition) is 1. The van der Waals surface area contributed by atoms with Crippen molar-refractivity contribution in [1.82, 2.24) is 15.0 Å². The summed E-state index contributed by atoms with van der Waals surface area (Å²) in [4.78, 5) is 12.3. The summed E-state index contributed by atoms with van der Waals surface area (Å²) in [7, 11) is 1.73. The zero-order chi connectivity index (χ0) is 15.0. The fourth-order valence-corrected chi connectivity index (χ4v) is 1.25. The molecule has 0 atom stereocenters. The summed E-state index contributed by atoms with van der Waals surface area (Å²) in [6.45, 7) is 9.39. The topological polar surface area (TPSA) is 78.4 Å². The number of hydrogen-bond acceptors (Lipinski definition) is 7. The van der Waals surface area contributed by atoms with Gasteiger partial charge in [-0.3, -0.25) is 0 Å². The maximum atomic E-state index is 5.56. The molecule has 114 valence electrons. The van der Waals surface area contributed by atoms with E-state index in [1.165, 1.54) is 0 Å². The third kappa shape index (κ3) is 6.51.